The molecule has 2 amide bonds. The maximum Gasteiger partial charge on any atom is 0.234 e. The average molecular weight is 215 g/mol. The molecule has 0 fully saturated rings. The zero-order valence-corrected chi connectivity index (χ0v) is 9.89. The summed E-state index contributed by atoms with van der Waals surface area (Å²) >= 11 is 0. The fourth-order valence-electron chi connectivity index (χ4n) is 1.24. The van der Waals surface area contributed by atoms with Crippen molar-refractivity contribution in [1.82, 2.24) is 10.6 Å². The van der Waals surface area contributed by atoms with Crippen LogP contribution >= 0.6 is 0 Å². The van der Waals surface area contributed by atoms with Gasteiger partial charge in [0.15, 0.2) is 0 Å². The predicted octanol–water partition coefficient (Wildman–Crippen LogP) is -0.388. The lowest BCUT2D eigenvalue weighted by molar-refractivity contribution is -0.129. The van der Waals surface area contributed by atoms with Crippen LogP contribution in [0.4, 0.5) is 0 Å². The van der Waals surface area contributed by atoms with Crippen molar-refractivity contribution in [3.05, 3.63) is 0 Å². The largest absolute Gasteiger partial charge is 0.368 e. The summed E-state index contributed by atoms with van der Waals surface area (Å²) < 4.78 is 0. The minimum absolute atomic E-state index is 0.0608. The van der Waals surface area contributed by atoms with Gasteiger partial charge in [0, 0.05) is 13.6 Å². The van der Waals surface area contributed by atoms with Gasteiger partial charge in [-0.2, -0.15) is 0 Å². The van der Waals surface area contributed by atoms with Crippen LogP contribution in [0, 0.1) is 5.41 Å². The highest BCUT2D eigenvalue weighted by molar-refractivity contribution is 5.82. The first-order valence-electron chi connectivity index (χ1n) is 5.10. The second-order valence-electron chi connectivity index (χ2n) is 4.21. The van der Waals surface area contributed by atoms with Gasteiger partial charge in [0.2, 0.25) is 11.8 Å². The molecule has 0 bridgehead atoms. The van der Waals surface area contributed by atoms with E-state index in [1.165, 1.54) is 0 Å². The van der Waals surface area contributed by atoms with Gasteiger partial charge < -0.3 is 16.4 Å². The normalized spacial score (nSPS) is 13.3. The van der Waals surface area contributed by atoms with Gasteiger partial charge in [-0.05, 0) is 20.3 Å². The second kappa shape index (κ2) is 5.70. The predicted molar refractivity (Wildman–Crippen MR) is 59.1 cm³/mol. The number of carbonyl (C=O) groups is 2. The molecular formula is C10H21N3O2. The number of hydrogen-bond acceptors (Lipinski definition) is 3. The van der Waals surface area contributed by atoms with Gasteiger partial charge in [-0.1, -0.05) is 6.92 Å². The summed E-state index contributed by atoms with van der Waals surface area (Å²) in [6, 6.07) is -0.367. The summed E-state index contributed by atoms with van der Waals surface area (Å²) in [5, 5.41) is 5.57. The maximum atomic E-state index is 11.4. The lowest BCUT2D eigenvalue weighted by atomic mass is 9.92. The first-order chi connectivity index (χ1) is 6.85. The maximum absolute atomic E-state index is 11.4. The molecule has 0 aromatic carbocycles. The lowest BCUT2D eigenvalue weighted by Crippen LogP contribution is -2.48. The Balaban J connectivity index is 4.24. The fraction of sp³-hybridized carbons (Fsp3) is 0.800. The highest BCUT2D eigenvalue weighted by Crippen LogP contribution is 2.13. The van der Waals surface area contributed by atoms with Crippen molar-refractivity contribution in [2.75, 3.05) is 13.6 Å². The molecule has 5 heteroatoms. The van der Waals surface area contributed by atoms with Crippen molar-refractivity contribution < 1.29 is 9.59 Å². The Hall–Kier alpha value is -1.10. The van der Waals surface area contributed by atoms with Crippen LogP contribution in [0.2, 0.25) is 0 Å². The molecule has 0 saturated carbocycles. The average Bonchev–Trinajstić information content (AvgIpc) is 2.16. The van der Waals surface area contributed by atoms with Crippen LogP contribution in [0.3, 0.4) is 0 Å². The Kier molecular flexibility index (Phi) is 5.28. The van der Waals surface area contributed by atoms with Gasteiger partial charge in [0.1, 0.15) is 0 Å². The van der Waals surface area contributed by atoms with E-state index in [1.807, 2.05) is 20.8 Å². The minimum Gasteiger partial charge on any atom is -0.368 e. The molecular weight excluding hydrogens is 194 g/mol. The summed E-state index contributed by atoms with van der Waals surface area (Å²) in [5.74, 6) is -0.445. The molecule has 5 nitrogen and oxygen atoms in total. The van der Waals surface area contributed by atoms with E-state index in [4.69, 9.17) is 5.73 Å². The Labute approximate surface area is 90.8 Å². The number of rotatable bonds is 6. The molecule has 4 N–H and O–H groups in total. The zero-order chi connectivity index (χ0) is 12.1. The summed E-state index contributed by atoms with van der Waals surface area (Å²) in [5.41, 5.74) is 4.64. The van der Waals surface area contributed by atoms with Crippen LogP contribution in [0.1, 0.15) is 27.2 Å². The number of nitrogens with one attached hydrogen (secondary N) is 2. The van der Waals surface area contributed by atoms with E-state index >= 15 is 0 Å². The molecule has 15 heavy (non-hydrogen) atoms. The van der Waals surface area contributed by atoms with Crippen LogP contribution in [0.15, 0.2) is 0 Å². The highest BCUT2D eigenvalue weighted by atomic mass is 16.2. The lowest BCUT2D eigenvalue weighted by Gasteiger charge is -2.25. The third-order valence-electron chi connectivity index (χ3n) is 2.38. The molecule has 0 heterocycles. The van der Waals surface area contributed by atoms with Gasteiger partial charge >= 0.3 is 0 Å². The molecule has 1 atom stereocenters. The molecule has 0 spiro atoms. The van der Waals surface area contributed by atoms with Crippen LogP contribution < -0.4 is 16.4 Å². The van der Waals surface area contributed by atoms with Crippen LogP contribution in [-0.4, -0.2) is 31.4 Å². The van der Waals surface area contributed by atoms with Crippen LogP contribution in [-0.2, 0) is 9.59 Å². The summed E-state index contributed by atoms with van der Waals surface area (Å²) in [6.45, 7) is 5.92. The van der Waals surface area contributed by atoms with Crippen molar-refractivity contribution in [3.8, 4) is 0 Å². The third-order valence-corrected chi connectivity index (χ3v) is 2.38. The van der Waals surface area contributed by atoms with E-state index in [2.05, 4.69) is 10.6 Å². The van der Waals surface area contributed by atoms with Crippen molar-refractivity contribution in [2.45, 2.75) is 33.2 Å². The number of carbonyl (C=O) groups excluding carboxylic acids is 2. The first kappa shape index (κ1) is 13.9. The zero-order valence-electron chi connectivity index (χ0n) is 9.89. The van der Waals surface area contributed by atoms with E-state index in [0.29, 0.717) is 13.0 Å². The standard InChI is InChI=1S/C10H21N3O2/c1-5-7(8(11)14)13-6-10(2,3)9(15)12-4/h7,13H,5-6H2,1-4H3,(H2,11,14)(H,12,15). The first-order valence-corrected chi connectivity index (χ1v) is 5.10. The number of nitrogens with two attached hydrogens (primary N) is 1. The summed E-state index contributed by atoms with van der Waals surface area (Å²) in [6.07, 6.45) is 0.624. The van der Waals surface area contributed by atoms with Crippen LogP contribution in [0.5, 0.6) is 0 Å². The molecule has 1 unspecified atom stereocenters. The quantitative estimate of drug-likeness (QED) is 0.564. The Morgan fingerprint density at radius 1 is 1.40 bits per heavy atom. The van der Waals surface area contributed by atoms with E-state index < -0.39 is 5.41 Å². The molecule has 0 aliphatic rings. The minimum atomic E-state index is -0.544. The van der Waals surface area contributed by atoms with E-state index in [0.717, 1.165) is 0 Å². The monoisotopic (exact) mass is 215 g/mol. The van der Waals surface area contributed by atoms with Gasteiger partial charge in [-0.25, -0.2) is 0 Å². The van der Waals surface area contributed by atoms with Crippen LogP contribution in [0.25, 0.3) is 0 Å². The topological polar surface area (TPSA) is 84.2 Å². The van der Waals surface area contributed by atoms with Gasteiger partial charge in [0.05, 0.1) is 11.5 Å². The van der Waals surface area contributed by atoms with Gasteiger partial charge in [-0.15, -0.1) is 0 Å². The van der Waals surface area contributed by atoms with Crippen molar-refractivity contribution in [2.24, 2.45) is 11.1 Å². The summed E-state index contributed by atoms with van der Waals surface area (Å²) in [4.78, 5) is 22.4. The number of amides is 2. The second-order valence-corrected chi connectivity index (χ2v) is 4.21. The molecule has 0 radical (unpaired) electrons. The Bertz CT molecular complexity index is 239. The van der Waals surface area contributed by atoms with Crippen molar-refractivity contribution in [1.29, 1.82) is 0 Å². The molecule has 88 valence electrons. The molecule has 0 aliphatic carbocycles. The summed E-state index contributed by atoms with van der Waals surface area (Å²) in [7, 11) is 1.59. The smallest absolute Gasteiger partial charge is 0.234 e. The fourth-order valence-corrected chi connectivity index (χ4v) is 1.24. The van der Waals surface area contributed by atoms with E-state index in [-0.39, 0.29) is 17.9 Å². The molecule has 0 saturated heterocycles. The van der Waals surface area contributed by atoms with Gasteiger partial charge in [0.25, 0.3) is 0 Å². The highest BCUT2D eigenvalue weighted by Gasteiger charge is 2.27. The van der Waals surface area contributed by atoms with Gasteiger partial charge in [-0.3, -0.25) is 9.59 Å². The SMILES string of the molecule is CCC(NCC(C)(C)C(=O)NC)C(N)=O. The third kappa shape index (κ3) is 4.29. The Morgan fingerprint density at radius 3 is 2.27 bits per heavy atom. The molecule has 0 aromatic rings. The molecule has 0 rings (SSSR count). The van der Waals surface area contributed by atoms with E-state index in [1.54, 1.807) is 7.05 Å². The molecule has 0 aliphatic heterocycles. The Morgan fingerprint density at radius 2 is 1.93 bits per heavy atom. The molecule has 0 aromatic heterocycles. The number of primary amides is 1. The van der Waals surface area contributed by atoms with Crippen molar-refractivity contribution in [3.63, 3.8) is 0 Å². The van der Waals surface area contributed by atoms with E-state index in [9.17, 15) is 9.59 Å². The van der Waals surface area contributed by atoms with Crippen molar-refractivity contribution >= 4 is 11.8 Å². The number of hydrogen-bond donors (Lipinski definition) is 3.